The normalized spacial score (nSPS) is 12.7. The van der Waals surface area contributed by atoms with Gasteiger partial charge in [-0.15, -0.1) is 11.3 Å². The Kier molecular flexibility index (Phi) is 4.01. The summed E-state index contributed by atoms with van der Waals surface area (Å²) in [7, 11) is 1.61. The summed E-state index contributed by atoms with van der Waals surface area (Å²) in [5, 5.41) is 2.29. The number of benzene rings is 1. The molecule has 3 nitrogen and oxygen atoms in total. The molecule has 0 fully saturated rings. The van der Waals surface area contributed by atoms with Crippen LogP contribution in [0, 0.1) is 11.6 Å². The molecule has 0 aliphatic heterocycles. The topological polar surface area (TPSA) is 34.9 Å². The van der Waals surface area contributed by atoms with Crippen LogP contribution in [0.15, 0.2) is 39.6 Å². The van der Waals surface area contributed by atoms with E-state index in [-0.39, 0.29) is 11.1 Å². The lowest BCUT2D eigenvalue weighted by Crippen LogP contribution is -2.19. The Balaban J connectivity index is 2.03. The Morgan fingerprint density at radius 1 is 1.27 bits per heavy atom. The average molecular weight is 338 g/mol. The smallest absolute Gasteiger partial charge is 0.262 e. The number of aromatic nitrogens is 2. The minimum atomic E-state index is -0.595. The molecule has 1 atom stereocenters. The van der Waals surface area contributed by atoms with Crippen LogP contribution in [0.1, 0.15) is 17.7 Å². The van der Waals surface area contributed by atoms with Crippen LogP contribution >= 0.6 is 23.1 Å². The van der Waals surface area contributed by atoms with Crippen molar-refractivity contribution in [3.8, 4) is 0 Å². The highest BCUT2D eigenvalue weighted by Crippen LogP contribution is 2.36. The summed E-state index contributed by atoms with van der Waals surface area (Å²) in [4.78, 5) is 17.3. The first-order valence-electron chi connectivity index (χ1n) is 6.54. The van der Waals surface area contributed by atoms with E-state index in [1.807, 2.05) is 0 Å². The van der Waals surface area contributed by atoms with Gasteiger partial charge >= 0.3 is 0 Å². The van der Waals surface area contributed by atoms with Crippen LogP contribution < -0.4 is 5.56 Å². The fraction of sp³-hybridized carbons (Fsp3) is 0.200. The number of hydrogen-bond donors (Lipinski definition) is 0. The second kappa shape index (κ2) is 5.81. The Hall–Kier alpha value is -1.73. The fourth-order valence-corrected chi connectivity index (χ4v) is 4.06. The van der Waals surface area contributed by atoms with E-state index in [0.717, 1.165) is 11.8 Å². The monoisotopic (exact) mass is 338 g/mol. The second-order valence-corrected chi connectivity index (χ2v) is 7.00. The predicted molar refractivity (Wildman–Crippen MR) is 85.5 cm³/mol. The number of thiophene rings is 1. The molecule has 3 rings (SSSR count). The van der Waals surface area contributed by atoms with E-state index in [9.17, 15) is 13.6 Å². The van der Waals surface area contributed by atoms with Crippen molar-refractivity contribution >= 4 is 33.3 Å². The molecule has 0 bridgehead atoms. The Bertz CT molecular complexity index is 884. The van der Waals surface area contributed by atoms with Gasteiger partial charge in [-0.1, -0.05) is 17.8 Å². The lowest BCUT2D eigenvalue weighted by Gasteiger charge is -2.14. The molecule has 0 amide bonds. The molecule has 22 heavy (non-hydrogen) atoms. The van der Waals surface area contributed by atoms with Crippen molar-refractivity contribution in [2.45, 2.75) is 17.3 Å². The predicted octanol–water partition coefficient (Wildman–Crippen LogP) is 4.13. The summed E-state index contributed by atoms with van der Waals surface area (Å²) >= 11 is 2.53. The number of fused-ring (bicyclic) bond motifs is 1. The highest BCUT2D eigenvalue weighted by molar-refractivity contribution is 7.99. The first kappa shape index (κ1) is 15.2. The van der Waals surface area contributed by atoms with E-state index in [1.54, 1.807) is 25.4 Å². The van der Waals surface area contributed by atoms with Gasteiger partial charge in [-0.25, -0.2) is 13.8 Å². The number of halogens is 2. The Morgan fingerprint density at radius 3 is 2.64 bits per heavy atom. The van der Waals surface area contributed by atoms with Crippen molar-refractivity contribution < 1.29 is 8.78 Å². The quantitative estimate of drug-likeness (QED) is 0.532. The number of thioether (sulfide) groups is 1. The summed E-state index contributed by atoms with van der Waals surface area (Å²) in [6.07, 6.45) is 0. The molecule has 7 heteroatoms. The van der Waals surface area contributed by atoms with Gasteiger partial charge in [-0.05, 0) is 30.5 Å². The molecule has 0 aliphatic carbocycles. The molecule has 2 heterocycles. The molecule has 0 saturated heterocycles. The van der Waals surface area contributed by atoms with Crippen molar-refractivity contribution in [3.63, 3.8) is 0 Å². The average Bonchev–Trinajstić information content (AvgIpc) is 2.92. The first-order chi connectivity index (χ1) is 10.5. The van der Waals surface area contributed by atoms with Crippen molar-refractivity contribution in [2.24, 2.45) is 7.05 Å². The lowest BCUT2D eigenvalue weighted by atomic mass is 10.1. The maximum Gasteiger partial charge on any atom is 0.262 e. The largest absolute Gasteiger partial charge is 0.290 e. The molecule has 0 N–H and O–H groups in total. The molecule has 0 spiro atoms. The Labute approximate surface area is 133 Å². The third-order valence-corrected chi connectivity index (χ3v) is 5.32. The molecule has 2 aromatic heterocycles. The molecule has 114 valence electrons. The van der Waals surface area contributed by atoms with Crippen LogP contribution in [0.4, 0.5) is 8.78 Å². The van der Waals surface area contributed by atoms with Crippen LogP contribution in [-0.4, -0.2) is 9.55 Å². The molecular weight excluding hydrogens is 326 g/mol. The van der Waals surface area contributed by atoms with Crippen molar-refractivity contribution in [2.75, 3.05) is 0 Å². The van der Waals surface area contributed by atoms with Crippen molar-refractivity contribution in [1.29, 1.82) is 0 Å². The first-order valence-corrected chi connectivity index (χ1v) is 8.29. The van der Waals surface area contributed by atoms with Gasteiger partial charge in [0.1, 0.15) is 16.5 Å². The van der Waals surface area contributed by atoms with E-state index >= 15 is 0 Å². The zero-order valence-corrected chi connectivity index (χ0v) is 13.5. The van der Waals surface area contributed by atoms with Crippen LogP contribution in [0.3, 0.4) is 0 Å². The third-order valence-electron chi connectivity index (χ3n) is 3.35. The van der Waals surface area contributed by atoms with Crippen LogP contribution in [0.5, 0.6) is 0 Å². The van der Waals surface area contributed by atoms with E-state index in [2.05, 4.69) is 4.98 Å². The van der Waals surface area contributed by atoms with Crippen molar-refractivity contribution in [3.05, 3.63) is 57.2 Å². The van der Waals surface area contributed by atoms with Crippen LogP contribution in [0.25, 0.3) is 10.2 Å². The summed E-state index contributed by atoms with van der Waals surface area (Å²) in [5.41, 5.74) is -0.164. The molecule has 1 aromatic carbocycles. The summed E-state index contributed by atoms with van der Waals surface area (Å²) in [5.74, 6) is -1.19. The van der Waals surface area contributed by atoms with Crippen LogP contribution in [0.2, 0.25) is 0 Å². The number of hydrogen-bond acceptors (Lipinski definition) is 4. The lowest BCUT2D eigenvalue weighted by molar-refractivity contribution is 0.557. The minimum Gasteiger partial charge on any atom is -0.290 e. The van der Waals surface area contributed by atoms with Gasteiger partial charge in [-0.2, -0.15) is 0 Å². The van der Waals surface area contributed by atoms with E-state index in [1.165, 1.54) is 34.1 Å². The van der Waals surface area contributed by atoms with Gasteiger partial charge in [0.05, 0.1) is 5.39 Å². The molecule has 3 aromatic rings. The SMILES string of the molecule is CC(Sc1nc2sccc2c(=O)n1C)c1c(F)cccc1F. The fourth-order valence-electron chi connectivity index (χ4n) is 2.20. The standard InChI is InChI=1S/C15H12F2N2OS2/c1-8(12-10(16)4-3-5-11(12)17)22-15-18-13-9(6-7-21-13)14(20)19(15)2/h3-8H,1-2H3. The molecular formula is C15H12F2N2OS2. The minimum absolute atomic E-state index is 0.00646. The van der Waals surface area contributed by atoms with Gasteiger partial charge in [0, 0.05) is 17.9 Å². The highest BCUT2D eigenvalue weighted by atomic mass is 32.2. The van der Waals surface area contributed by atoms with E-state index in [0.29, 0.717) is 15.4 Å². The Morgan fingerprint density at radius 2 is 1.95 bits per heavy atom. The van der Waals surface area contributed by atoms with Crippen molar-refractivity contribution in [1.82, 2.24) is 9.55 Å². The summed E-state index contributed by atoms with van der Waals surface area (Å²) < 4.78 is 29.1. The van der Waals surface area contributed by atoms with Gasteiger partial charge < -0.3 is 0 Å². The van der Waals surface area contributed by atoms with Gasteiger partial charge in [0.2, 0.25) is 0 Å². The molecule has 0 aliphatic rings. The molecule has 1 unspecified atom stereocenters. The van der Waals surface area contributed by atoms with Crippen LogP contribution in [-0.2, 0) is 7.05 Å². The summed E-state index contributed by atoms with van der Waals surface area (Å²) in [6.45, 7) is 1.69. The third kappa shape index (κ3) is 2.55. The zero-order valence-electron chi connectivity index (χ0n) is 11.8. The van der Waals surface area contributed by atoms with E-state index in [4.69, 9.17) is 0 Å². The number of rotatable bonds is 3. The number of nitrogens with zero attached hydrogens (tertiary/aromatic N) is 2. The summed E-state index contributed by atoms with van der Waals surface area (Å²) in [6, 6.07) is 5.51. The molecule has 0 radical (unpaired) electrons. The highest BCUT2D eigenvalue weighted by Gasteiger charge is 2.20. The molecule has 0 saturated carbocycles. The second-order valence-electron chi connectivity index (χ2n) is 4.79. The van der Waals surface area contributed by atoms with Gasteiger partial charge in [-0.3, -0.25) is 9.36 Å². The van der Waals surface area contributed by atoms with Gasteiger partial charge in [0.25, 0.3) is 5.56 Å². The maximum absolute atomic E-state index is 13.8. The van der Waals surface area contributed by atoms with E-state index < -0.39 is 16.9 Å². The van der Waals surface area contributed by atoms with Gasteiger partial charge in [0.15, 0.2) is 5.16 Å². The maximum atomic E-state index is 13.8. The zero-order chi connectivity index (χ0) is 15.9.